The van der Waals surface area contributed by atoms with Gasteiger partial charge in [-0.3, -0.25) is 9.59 Å². The van der Waals surface area contributed by atoms with E-state index in [1.807, 2.05) is 34.9 Å². The largest absolute Gasteiger partial charge is 0.372 e. The van der Waals surface area contributed by atoms with E-state index in [1.54, 1.807) is 19.0 Å². The minimum Gasteiger partial charge on any atom is -0.372 e. The predicted octanol–water partition coefficient (Wildman–Crippen LogP) is 1.52. The zero-order valence-electron chi connectivity index (χ0n) is 15.2. The van der Waals surface area contributed by atoms with E-state index in [4.69, 9.17) is 9.47 Å². The highest BCUT2D eigenvalue weighted by Crippen LogP contribution is 2.46. The number of likely N-dealkylation sites (tertiary alicyclic amines) is 1. The monoisotopic (exact) mass is 376 g/mol. The molecule has 7 heteroatoms. The van der Waals surface area contributed by atoms with E-state index < -0.39 is 0 Å². The number of fused-ring (bicyclic) bond motifs is 1. The number of ether oxygens (including phenoxy) is 2. The lowest BCUT2D eigenvalue weighted by Gasteiger charge is -2.47. The first kappa shape index (κ1) is 17.8. The number of carbonyl (C=O) groups is 2. The van der Waals surface area contributed by atoms with Gasteiger partial charge in [-0.1, -0.05) is 6.07 Å². The third-order valence-electron chi connectivity index (χ3n) is 5.33. The van der Waals surface area contributed by atoms with Gasteiger partial charge in [0.05, 0.1) is 24.1 Å². The molecule has 0 unspecified atom stereocenters. The smallest absolute Gasteiger partial charge is 0.253 e. The fourth-order valence-electron chi connectivity index (χ4n) is 3.73. The lowest BCUT2D eigenvalue weighted by atomic mass is 9.92. The second-order valence-electron chi connectivity index (χ2n) is 7.56. The van der Waals surface area contributed by atoms with Crippen LogP contribution in [0.3, 0.4) is 0 Å². The van der Waals surface area contributed by atoms with Crippen LogP contribution in [0.2, 0.25) is 0 Å². The van der Waals surface area contributed by atoms with Crippen molar-refractivity contribution in [2.24, 2.45) is 0 Å². The molecule has 0 aliphatic carbocycles. The molecule has 6 nitrogen and oxygen atoms in total. The van der Waals surface area contributed by atoms with Gasteiger partial charge in [0, 0.05) is 38.5 Å². The normalized spacial score (nSPS) is 23.0. The van der Waals surface area contributed by atoms with E-state index in [0.29, 0.717) is 13.2 Å². The maximum absolute atomic E-state index is 12.7. The molecule has 3 aliphatic rings. The molecule has 140 valence electrons. The molecule has 0 bridgehead atoms. The first-order chi connectivity index (χ1) is 12.5. The minimum atomic E-state index is -0.0121. The van der Waals surface area contributed by atoms with Crippen molar-refractivity contribution in [1.29, 1.82) is 0 Å². The molecule has 0 radical (unpaired) electrons. The van der Waals surface area contributed by atoms with Gasteiger partial charge >= 0.3 is 0 Å². The molecule has 1 atom stereocenters. The number of hydrogen-bond donors (Lipinski definition) is 0. The number of hydrogen-bond acceptors (Lipinski definition) is 5. The fourth-order valence-corrected chi connectivity index (χ4v) is 5.28. The van der Waals surface area contributed by atoms with Crippen molar-refractivity contribution in [2.75, 3.05) is 39.5 Å². The summed E-state index contributed by atoms with van der Waals surface area (Å²) in [5.74, 6) is 0.971. The first-order valence-electron chi connectivity index (χ1n) is 8.90. The predicted molar refractivity (Wildman–Crippen MR) is 99.1 cm³/mol. The number of thioether (sulfide) groups is 1. The highest BCUT2D eigenvalue weighted by Gasteiger charge is 2.51. The Morgan fingerprint density at radius 1 is 1.31 bits per heavy atom. The van der Waals surface area contributed by atoms with Crippen molar-refractivity contribution in [3.05, 3.63) is 34.9 Å². The van der Waals surface area contributed by atoms with Gasteiger partial charge in [-0.15, -0.1) is 11.8 Å². The molecule has 2 fully saturated rings. The molecule has 0 N–H and O–H groups in total. The summed E-state index contributed by atoms with van der Waals surface area (Å²) in [5, 5.41) is 0. The van der Waals surface area contributed by atoms with E-state index in [-0.39, 0.29) is 29.3 Å². The maximum Gasteiger partial charge on any atom is 0.253 e. The van der Waals surface area contributed by atoms with E-state index >= 15 is 0 Å². The second kappa shape index (κ2) is 6.87. The molecule has 4 rings (SSSR count). The van der Waals surface area contributed by atoms with Gasteiger partial charge in [-0.2, -0.15) is 0 Å². The molecule has 1 aromatic rings. The Hall–Kier alpha value is -1.57. The van der Waals surface area contributed by atoms with Crippen molar-refractivity contribution in [3.63, 3.8) is 0 Å². The molecule has 1 aromatic carbocycles. The molecule has 3 aliphatic heterocycles. The Balaban J connectivity index is 1.30. The van der Waals surface area contributed by atoms with E-state index in [2.05, 4.69) is 0 Å². The maximum atomic E-state index is 12.7. The lowest BCUT2D eigenvalue weighted by molar-refractivity contribution is -0.135. The number of likely N-dealkylation sites (N-methyl/N-ethyl adjacent to an activating group) is 1. The van der Waals surface area contributed by atoms with Crippen molar-refractivity contribution in [2.45, 2.75) is 30.5 Å². The molecule has 2 saturated heterocycles. The van der Waals surface area contributed by atoms with E-state index in [9.17, 15) is 9.59 Å². The number of amides is 2. The Morgan fingerprint density at radius 3 is 2.85 bits per heavy atom. The van der Waals surface area contributed by atoms with Crippen molar-refractivity contribution >= 4 is 23.6 Å². The summed E-state index contributed by atoms with van der Waals surface area (Å²) in [4.78, 5) is 27.8. The quantitative estimate of drug-likeness (QED) is 0.798. The first-order valence-corrected chi connectivity index (χ1v) is 9.89. The van der Waals surface area contributed by atoms with Crippen LogP contribution in [0.25, 0.3) is 0 Å². The SMILES string of the molecule is CN(C)C(=O)CO[C@@H]1CSC2(C1)CN(C(=O)c1ccc3c(c1)COC3)C2. The summed E-state index contributed by atoms with van der Waals surface area (Å²) in [6.45, 7) is 2.89. The number of nitrogens with zero attached hydrogens (tertiary/aromatic N) is 2. The summed E-state index contributed by atoms with van der Waals surface area (Å²) >= 11 is 1.87. The zero-order valence-corrected chi connectivity index (χ0v) is 16.0. The molecule has 0 saturated carbocycles. The van der Waals surface area contributed by atoms with Crippen LogP contribution in [0.4, 0.5) is 0 Å². The van der Waals surface area contributed by atoms with Gasteiger partial charge in [0.25, 0.3) is 5.91 Å². The number of benzene rings is 1. The second-order valence-corrected chi connectivity index (χ2v) is 9.04. The molecule has 1 spiro atoms. The highest BCUT2D eigenvalue weighted by molar-refractivity contribution is 8.01. The summed E-state index contributed by atoms with van der Waals surface area (Å²) in [6, 6.07) is 5.87. The van der Waals surface area contributed by atoms with Crippen LogP contribution < -0.4 is 0 Å². The number of rotatable bonds is 4. The standard InChI is InChI=1S/C19H24N2O4S/c1-20(2)17(22)9-25-16-6-19(26-10-16)11-21(12-19)18(23)13-3-4-14-7-24-8-15(14)5-13/h3-5,16H,6-12H2,1-2H3/t16-/m0/s1. The third kappa shape index (κ3) is 3.35. The highest BCUT2D eigenvalue weighted by atomic mass is 32.2. The van der Waals surface area contributed by atoms with Crippen LogP contribution in [0.5, 0.6) is 0 Å². The molecule has 2 amide bonds. The Labute approximate surface area is 157 Å². The van der Waals surface area contributed by atoms with Crippen LogP contribution in [0, 0.1) is 0 Å². The Kier molecular flexibility index (Phi) is 4.71. The van der Waals surface area contributed by atoms with Gasteiger partial charge in [-0.25, -0.2) is 0 Å². The Morgan fingerprint density at radius 2 is 2.08 bits per heavy atom. The summed E-state index contributed by atoms with van der Waals surface area (Å²) < 4.78 is 11.3. The summed E-state index contributed by atoms with van der Waals surface area (Å²) in [7, 11) is 3.47. The molecular weight excluding hydrogens is 352 g/mol. The van der Waals surface area contributed by atoms with E-state index in [0.717, 1.165) is 36.4 Å². The average molecular weight is 376 g/mol. The molecule has 0 aromatic heterocycles. The van der Waals surface area contributed by atoms with Crippen LogP contribution >= 0.6 is 11.8 Å². The minimum absolute atomic E-state index is 0.0121. The molecular formula is C19H24N2O4S. The molecule has 3 heterocycles. The van der Waals surface area contributed by atoms with Gasteiger partial charge in [0.1, 0.15) is 6.61 Å². The summed E-state index contributed by atoms with van der Waals surface area (Å²) in [6.07, 6.45) is 0.999. The van der Waals surface area contributed by atoms with E-state index in [1.165, 1.54) is 5.56 Å². The number of carbonyl (C=O) groups excluding carboxylic acids is 2. The van der Waals surface area contributed by atoms with Gasteiger partial charge < -0.3 is 19.3 Å². The van der Waals surface area contributed by atoms with Gasteiger partial charge in [0.2, 0.25) is 5.91 Å². The third-order valence-corrected chi connectivity index (χ3v) is 6.91. The van der Waals surface area contributed by atoms with Crippen LogP contribution in [0.1, 0.15) is 27.9 Å². The molecule has 26 heavy (non-hydrogen) atoms. The van der Waals surface area contributed by atoms with Gasteiger partial charge in [-0.05, 0) is 29.7 Å². The van der Waals surface area contributed by atoms with Crippen LogP contribution in [-0.4, -0.2) is 72.0 Å². The van der Waals surface area contributed by atoms with Crippen LogP contribution in [0.15, 0.2) is 18.2 Å². The zero-order chi connectivity index (χ0) is 18.3. The topological polar surface area (TPSA) is 59.1 Å². The average Bonchev–Trinajstić information content (AvgIpc) is 3.23. The Bertz CT molecular complexity index is 730. The fraction of sp³-hybridized carbons (Fsp3) is 0.579. The lowest BCUT2D eigenvalue weighted by Crippen LogP contribution is -2.60. The van der Waals surface area contributed by atoms with Gasteiger partial charge in [0.15, 0.2) is 0 Å². The van der Waals surface area contributed by atoms with Crippen molar-refractivity contribution < 1.29 is 19.1 Å². The summed E-state index contributed by atoms with van der Waals surface area (Å²) in [5.41, 5.74) is 3.05. The van der Waals surface area contributed by atoms with Crippen molar-refractivity contribution in [1.82, 2.24) is 9.80 Å². The van der Waals surface area contributed by atoms with Crippen LogP contribution in [-0.2, 0) is 27.5 Å². The van der Waals surface area contributed by atoms with Crippen molar-refractivity contribution in [3.8, 4) is 0 Å².